The van der Waals surface area contributed by atoms with Gasteiger partial charge in [0, 0.05) is 21.3 Å². The van der Waals surface area contributed by atoms with E-state index in [-0.39, 0.29) is 4.99 Å². The SMILES string of the molecule is NC(=S)c1ccc(Cl)cc1NC(=O)Nc1ccc(Cl)cc1. The topological polar surface area (TPSA) is 67.1 Å². The van der Waals surface area contributed by atoms with Crippen LogP contribution in [-0.4, -0.2) is 11.0 Å². The molecule has 2 aromatic rings. The molecule has 7 heteroatoms. The highest BCUT2D eigenvalue weighted by Crippen LogP contribution is 2.21. The Balaban J connectivity index is 2.14. The van der Waals surface area contributed by atoms with Gasteiger partial charge in [0.2, 0.25) is 0 Å². The summed E-state index contributed by atoms with van der Waals surface area (Å²) >= 11 is 16.6. The molecule has 2 rings (SSSR count). The summed E-state index contributed by atoms with van der Waals surface area (Å²) < 4.78 is 0. The lowest BCUT2D eigenvalue weighted by Crippen LogP contribution is -2.22. The number of nitrogens with two attached hydrogens (primary N) is 1. The summed E-state index contributed by atoms with van der Waals surface area (Å²) in [4.78, 5) is 12.1. The summed E-state index contributed by atoms with van der Waals surface area (Å²) in [7, 11) is 0. The molecular weight excluding hydrogens is 329 g/mol. The molecule has 0 spiro atoms. The Morgan fingerprint density at radius 2 is 1.62 bits per heavy atom. The number of anilines is 2. The number of benzene rings is 2. The van der Waals surface area contributed by atoms with Crippen molar-refractivity contribution in [2.45, 2.75) is 0 Å². The first kappa shape index (κ1) is 15.6. The van der Waals surface area contributed by atoms with Gasteiger partial charge in [-0.05, 0) is 42.5 Å². The normalized spacial score (nSPS) is 10.0. The van der Waals surface area contributed by atoms with Crippen LogP contribution in [0.1, 0.15) is 5.56 Å². The van der Waals surface area contributed by atoms with E-state index in [9.17, 15) is 4.79 Å². The molecule has 21 heavy (non-hydrogen) atoms. The van der Waals surface area contributed by atoms with Crippen LogP contribution in [-0.2, 0) is 0 Å². The summed E-state index contributed by atoms with van der Waals surface area (Å²) in [6.07, 6.45) is 0. The Morgan fingerprint density at radius 3 is 2.24 bits per heavy atom. The highest BCUT2D eigenvalue weighted by atomic mass is 35.5. The molecule has 0 atom stereocenters. The van der Waals surface area contributed by atoms with E-state index in [0.29, 0.717) is 27.0 Å². The van der Waals surface area contributed by atoms with Crippen LogP contribution >= 0.6 is 35.4 Å². The lowest BCUT2D eigenvalue weighted by Gasteiger charge is -2.11. The van der Waals surface area contributed by atoms with Gasteiger partial charge in [-0.1, -0.05) is 35.4 Å². The first-order chi connectivity index (χ1) is 9.95. The zero-order valence-corrected chi connectivity index (χ0v) is 13.0. The van der Waals surface area contributed by atoms with E-state index in [1.54, 1.807) is 42.5 Å². The summed E-state index contributed by atoms with van der Waals surface area (Å²) in [5.41, 5.74) is 7.21. The van der Waals surface area contributed by atoms with Crippen molar-refractivity contribution >= 4 is 57.8 Å². The molecule has 0 aromatic heterocycles. The fourth-order valence-electron chi connectivity index (χ4n) is 1.65. The average Bonchev–Trinajstić information content (AvgIpc) is 2.41. The summed E-state index contributed by atoms with van der Waals surface area (Å²) in [6, 6.07) is 11.2. The standard InChI is InChI=1S/C14H11Cl2N3OS/c15-8-1-4-10(5-2-8)18-14(20)19-12-7-9(16)3-6-11(12)13(17)21/h1-7H,(H2,17,21)(H2,18,19,20). The lowest BCUT2D eigenvalue weighted by molar-refractivity contribution is 0.262. The molecular formula is C14H11Cl2N3OS. The quantitative estimate of drug-likeness (QED) is 0.731. The first-order valence-electron chi connectivity index (χ1n) is 5.88. The third-order valence-corrected chi connectivity index (χ3v) is 3.30. The number of urea groups is 1. The molecule has 108 valence electrons. The van der Waals surface area contributed by atoms with Crippen molar-refractivity contribution in [2.75, 3.05) is 10.6 Å². The Bertz CT molecular complexity index is 689. The summed E-state index contributed by atoms with van der Waals surface area (Å²) in [5.74, 6) is 0. The van der Waals surface area contributed by atoms with Crippen molar-refractivity contribution in [1.29, 1.82) is 0 Å². The predicted octanol–water partition coefficient (Wildman–Crippen LogP) is 4.27. The van der Waals surface area contributed by atoms with Crippen molar-refractivity contribution < 1.29 is 4.79 Å². The summed E-state index contributed by atoms with van der Waals surface area (Å²) in [6.45, 7) is 0. The number of carbonyl (C=O) groups excluding carboxylic acids is 1. The molecule has 0 fully saturated rings. The van der Waals surface area contributed by atoms with E-state index in [1.807, 2.05) is 0 Å². The van der Waals surface area contributed by atoms with Crippen LogP contribution in [0.5, 0.6) is 0 Å². The van der Waals surface area contributed by atoms with Crippen LogP contribution in [0.3, 0.4) is 0 Å². The van der Waals surface area contributed by atoms with E-state index in [1.165, 1.54) is 0 Å². The molecule has 0 saturated heterocycles. The van der Waals surface area contributed by atoms with Gasteiger partial charge >= 0.3 is 6.03 Å². The largest absolute Gasteiger partial charge is 0.389 e. The van der Waals surface area contributed by atoms with Gasteiger partial charge in [-0.25, -0.2) is 4.79 Å². The highest BCUT2D eigenvalue weighted by Gasteiger charge is 2.09. The van der Waals surface area contributed by atoms with Crippen LogP contribution < -0.4 is 16.4 Å². The van der Waals surface area contributed by atoms with Crippen molar-refractivity contribution in [2.24, 2.45) is 5.73 Å². The lowest BCUT2D eigenvalue weighted by atomic mass is 10.2. The number of nitrogens with one attached hydrogen (secondary N) is 2. The molecule has 0 aliphatic heterocycles. The van der Waals surface area contributed by atoms with Crippen LogP contribution in [0.15, 0.2) is 42.5 Å². The molecule has 0 saturated carbocycles. The maximum absolute atomic E-state index is 12.0. The van der Waals surface area contributed by atoms with E-state index in [4.69, 9.17) is 41.2 Å². The van der Waals surface area contributed by atoms with E-state index in [2.05, 4.69) is 10.6 Å². The second kappa shape index (κ2) is 6.76. The minimum absolute atomic E-state index is 0.174. The molecule has 0 aliphatic rings. The van der Waals surface area contributed by atoms with Gasteiger partial charge in [0.05, 0.1) is 5.69 Å². The van der Waals surface area contributed by atoms with Gasteiger partial charge in [-0.3, -0.25) is 0 Å². The van der Waals surface area contributed by atoms with Gasteiger partial charge in [-0.15, -0.1) is 0 Å². The zero-order valence-electron chi connectivity index (χ0n) is 10.7. The van der Waals surface area contributed by atoms with Crippen molar-refractivity contribution in [1.82, 2.24) is 0 Å². The Kier molecular flexibility index (Phi) is 5.01. The maximum Gasteiger partial charge on any atom is 0.323 e. The number of thiocarbonyl (C=S) groups is 1. The van der Waals surface area contributed by atoms with Gasteiger partial charge in [0.15, 0.2) is 0 Å². The molecule has 4 nitrogen and oxygen atoms in total. The molecule has 0 unspecified atom stereocenters. The molecule has 2 amide bonds. The van der Waals surface area contributed by atoms with E-state index < -0.39 is 6.03 Å². The number of amides is 2. The van der Waals surface area contributed by atoms with Gasteiger partial charge in [0.1, 0.15) is 4.99 Å². The smallest absolute Gasteiger partial charge is 0.323 e. The second-order valence-electron chi connectivity index (χ2n) is 4.14. The number of hydrogen-bond donors (Lipinski definition) is 3. The fraction of sp³-hybridized carbons (Fsp3) is 0. The number of carbonyl (C=O) groups is 1. The Hall–Kier alpha value is -1.82. The number of hydrogen-bond acceptors (Lipinski definition) is 2. The van der Waals surface area contributed by atoms with E-state index >= 15 is 0 Å². The Labute approximate surface area is 137 Å². The minimum atomic E-state index is -0.433. The zero-order chi connectivity index (χ0) is 15.4. The van der Waals surface area contributed by atoms with Crippen LogP contribution in [0.2, 0.25) is 10.0 Å². The first-order valence-corrected chi connectivity index (χ1v) is 7.05. The number of rotatable bonds is 3. The second-order valence-corrected chi connectivity index (χ2v) is 5.45. The minimum Gasteiger partial charge on any atom is -0.389 e. The third kappa shape index (κ3) is 4.32. The Morgan fingerprint density at radius 1 is 1.00 bits per heavy atom. The molecule has 0 radical (unpaired) electrons. The third-order valence-electron chi connectivity index (χ3n) is 2.60. The maximum atomic E-state index is 12.0. The molecule has 0 bridgehead atoms. The molecule has 0 heterocycles. The highest BCUT2D eigenvalue weighted by molar-refractivity contribution is 7.80. The summed E-state index contributed by atoms with van der Waals surface area (Å²) in [5, 5.41) is 6.39. The molecule has 2 aromatic carbocycles. The van der Waals surface area contributed by atoms with Crippen LogP contribution in [0.4, 0.5) is 16.2 Å². The van der Waals surface area contributed by atoms with Gasteiger partial charge in [-0.2, -0.15) is 0 Å². The van der Waals surface area contributed by atoms with Crippen LogP contribution in [0, 0.1) is 0 Å². The van der Waals surface area contributed by atoms with Crippen molar-refractivity contribution in [3.8, 4) is 0 Å². The average molecular weight is 340 g/mol. The molecule has 0 aliphatic carbocycles. The number of halogens is 2. The van der Waals surface area contributed by atoms with Crippen LogP contribution in [0.25, 0.3) is 0 Å². The molecule has 4 N–H and O–H groups in total. The van der Waals surface area contributed by atoms with Crippen molar-refractivity contribution in [3.63, 3.8) is 0 Å². The van der Waals surface area contributed by atoms with Crippen molar-refractivity contribution in [3.05, 3.63) is 58.1 Å². The van der Waals surface area contributed by atoms with E-state index in [0.717, 1.165) is 0 Å². The predicted molar refractivity (Wildman–Crippen MR) is 91.4 cm³/mol. The van der Waals surface area contributed by atoms with Gasteiger partial charge < -0.3 is 16.4 Å². The fourth-order valence-corrected chi connectivity index (χ4v) is 2.13. The monoisotopic (exact) mass is 339 g/mol. The van der Waals surface area contributed by atoms with Gasteiger partial charge in [0.25, 0.3) is 0 Å².